The van der Waals surface area contributed by atoms with E-state index in [-0.39, 0.29) is 25.0 Å². The molecule has 6 heteroatoms. The molecule has 1 rings (SSSR count). The maximum atomic E-state index is 13.3. The fourth-order valence-corrected chi connectivity index (χ4v) is 1.05. The molecule has 0 bridgehead atoms. The van der Waals surface area contributed by atoms with E-state index >= 15 is 0 Å². The van der Waals surface area contributed by atoms with E-state index < -0.39 is 0 Å². The zero-order valence-corrected chi connectivity index (χ0v) is 8.85. The molecular formula is C8H15ClFN3O. The molecule has 0 radical (unpaired) electrons. The van der Waals surface area contributed by atoms with Gasteiger partial charge in [-0.2, -0.15) is 9.49 Å². The molecule has 4 nitrogen and oxygen atoms in total. The first-order chi connectivity index (χ1) is 6.29. The molecule has 0 aromatic carbocycles. The summed E-state index contributed by atoms with van der Waals surface area (Å²) in [4.78, 5) is 0. The van der Waals surface area contributed by atoms with E-state index in [0.717, 1.165) is 0 Å². The number of nitrogens with one attached hydrogen (secondary N) is 1. The van der Waals surface area contributed by atoms with E-state index in [0.29, 0.717) is 25.2 Å². The Kier molecular flexibility index (Phi) is 6.44. The van der Waals surface area contributed by atoms with Crippen molar-refractivity contribution < 1.29 is 9.50 Å². The number of aryl methyl sites for hydroxylation is 1. The lowest BCUT2D eigenvalue weighted by Gasteiger charge is -2.00. The molecule has 0 amide bonds. The van der Waals surface area contributed by atoms with Crippen LogP contribution in [0.2, 0.25) is 0 Å². The van der Waals surface area contributed by atoms with Gasteiger partial charge in [0.25, 0.3) is 0 Å². The summed E-state index contributed by atoms with van der Waals surface area (Å²) in [6, 6.07) is 0. The van der Waals surface area contributed by atoms with E-state index in [1.165, 1.54) is 10.9 Å². The summed E-state index contributed by atoms with van der Waals surface area (Å²) < 4.78 is 14.6. The maximum absolute atomic E-state index is 13.3. The SMILES string of the molecule is CCn1ncc(CNCCO)c1F.Cl. The van der Waals surface area contributed by atoms with Crippen molar-refractivity contribution in [2.24, 2.45) is 0 Å². The Morgan fingerprint density at radius 2 is 2.36 bits per heavy atom. The summed E-state index contributed by atoms with van der Waals surface area (Å²) in [6.07, 6.45) is 1.50. The monoisotopic (exact) mass is 223 g/mol. The number of rotatable bonds is 5. The number of hydrogen-bond acceptors (Lipinski definition) is 3. The quantitative estimate of drug-likeness (QED) is 0.717. The zero-order valence-electron chi connectivity index (χ0n) is 8.03. The summed E-state index contributed by atoms with van der Waals surface area (Å²) in [5, 5.41) is 15.2. The molecule has 0 saturated heterocycles. The molecule has 0 fully saturated rings. The molecule has 0 aliphatic carbocycles. The van der Waals surface area contributed by atoms with Gasteiger partial charge in [-0.05, 0) is 6.92 Å². The van der Waals surface area contributed by atoms with E-state index in [2.05, 4.69) is 10.4 Å². The predicted octanol–water partition coefficient (Wildman–Crippen LogP) is 0.546. The first-order valence-electron chi connectivity index (χ1n) is 4.31. The number of aliphatic hydroxyl groups is 1. The van der Waals surface area contributed by atoms with Crippen molar-refractivity contribution in [1.82, 2.24) is 15.1 Å². The Morgan fingerprint density at radius 3 is 2.86 bits per heavy atom. The second-order valence-electron chi connectivity index (χ2n) is 2.68. The normalized spacial score (nSPS) is 9.93. The standard InChI is InChI=1S/C8H14FN3O.ClH/c1-2-12-8(9)7(6-11-12)5-10-3-4-13;/h6,10,13H,2-5H2,1H3;1H. The molecule has 0 unspecified atom stereocenters. The topological polar surface area (TPSA) is 50.1 Å². The summed E-state index contributed by atoms with van der Waals surface area (Å²) in [5.41, 5.74) is 0.537. The first kappa shape index (κ1) is 13.4. The fourth-order valence-electron chi connectivity index (χ4n) is 1.05. The van der Waals surface area contributed by atoms with Crippen LogP contribution in [0.25, 0.3) is 0 Å². The van der Waals surface area contributed by atoms with Gasteiger partial charge in [0.1, 0.15) is 0 Å². The minimum atomic E-state index is -0.298. The summed E-state index contributed by atoms with van der Waals surface area (Å²) >= 11 is 0. The lowest BCUT2D eigenvalue weighted by atomic mass is 10.3. The van der Waals surface area contributed by atoms with Gasteiger partial charge in [-0.3, -0.25) is 0 Å². The van der Waals surface area contributed by atoms with Crippen molar-refractivity contribution in [3.63, 3.8) is 0 Å². The van der Waals surface area contributed by atoms with Crippen LogP contribution in [-0.4, -0.2) is 28.0 Å². The number of hydrogen-bond donors (Lipinski definition) is 2. The molecule has 1 aromatic heterocycles. The van der Waals surface area contributed by atoms with Crippen LogP contribution in [-0.2, 0) is 13.1 Å². The predicted molar refractivity (Wildman–Crippen MR) is 53.9 cm³/mol. The van der Waals surface area contributed by atoms with Crippen molar-refractivity contribution in [2.45, 2.75) is 20.0 Å². The van der Waals surface area contributed by atoms with Crippen molar-refractivity contribution in [3.8, 4) is 0 Å². The third-order valence-corrected chi connectivity index (χ3v) is 1.75. The van der Waals surface area contributed by atoms with Gasteiger partial charge in [0.2, 0.25) is 5.95 Å². The van der Waals surface area contributed by atoms with Crippen molar-refractivity contribution in [1.29, 1.82) is 0 Å². The van der Waals surface area contributed by atoms with Crippen LogP contribution in [0, 0.1) is 5.95 Å². The molecule has 14 heavy (non-hydrogen) atoms. The maximum Gasteiger partial charge on any atom is 0.215 e. The van der Waals surface area contributed by atoms with E-state index in [1.54, 1.807) is 0 Å². The Bertz CT molecular complexity index is 267. The van der Waals surface area contributed by atoms with Gasteiger partial charge in [0, 0.05) is 25.2 Å². The zero-order chi connectivity index (χ0) is 9.68. The average Bonchev–Trinajstić information content (AvgIpc) is 2.48. The number of aliphatic hydroxyl groups excluding tert-OH is 1. The molecule has 0 saturated carbocycles. The van der Waals surface area contributed by atoms with Gasteiger partial charge in [-0.25, -0.2) is 4.68 Å². The third kappa shape index (κ3) is 3.25. The molecule has 0 aliphatic heterocycles. The Balaban J connectivity index is 0.00000169. The second kappa shape index (κ2) is 6.75. The largest absolute Gasteiger partial charge is 0.395 e. The van der Waals surface area contributed by atoms with Gasteiger partial charge in [0.05, 0.1) is 12.8 Å². The highest BCUT2D eigenvalue weighted by atomic mass is 35.5. The lowest BCUT2D eigenvalue weighted by molar-refractivity contribution is 0.291. The lowest BCUT2D eigenvalue weighted by Crippen LogP contribution is -2.18. The Morgan fingerprint density at radius 1 is 1.64 bits per heavy atom. The highest BCUT2D eigenvalue weighted by molar-refractivity contribution is 5.85. The summed E-state index contributed by atoms with van der Waals surface area (Å²) in [6.45, 7) is 3.31. The minimum Gasteiger partial charge on any atom is -0.395 e. The van der Waals surface area contributed by atoms with Crippen LogP contribution >= 0.6 is 12.4 Å². The molecule has 82 valence electrons. The highest BCUT2D eigenvalue weighted by Gasteiger charge is 2.07. The molecular weight excluding hydrogens is 209 g/mol. The number of nitrogens with zero attached hydrogens (tertiary/aromatic N) is 2. The van der Waals surface area contributed by atoms with Crippen LogP contribution in [0.1, 0.15) is 12.5 Å². The summed E-state index contributed by atoms with van der Waals surface area (Å²) in [7, 11) is 0. The van der Waals surface area contributed by atoms with Crippen LogP contribution in [0.4, 0.5) is 4.39 Å². The highest BCUT2D eigenvalue weighted by Crippen LogP contribution is 2.05. The average molecular weight is 224 g/mol. The van der Waals surface area contributed by atoms with Crippen LogP contribution in [0.5, 0.6) is 0 Å². The van der Waals surface area contributed by atoms with Crippen LogP contribution in [0.3, 0.4) is 0 Å². The fraction of sp³-hybridized carbons (Fsp3) is 0.625. The first-order valence-corrected chi connectivity index (χ1v) is 4.31. The summed E-state index contributed by atoms with van der Waals surface area (Å²) in [5.74, 6) is -0.298. The van der Waals surface area contributed by atoms with E-state index in [1.807, 2.05) is 6.92 Å². The van der Waals surface area contributed by atoms with Crippen LogP contribution in [0.15, 0.2) is 6.20 Å². The van der Waals surface area contributed by atoms with Gasteiger partial charge in [-0.1, -0.05) is 0 Å². The number of aromatic nitrogens is 2. The minimum absolute atomic E-state index is 0. The van der Waals surface area contributed by atoms with Crippen molar-refractivity contribution in [2.75, 3.05) is 13.2 Å². The van der Waals surface area contributed by atoms with E-state index in [4.69, 9.17) is 5.11 Å². The molecule has 1 heterocycles. The molecule has 2 N–H and O–H groups in total. The van der Waals surface area contributed by atoms with Gasteiger partial charge in [-0.15, -0.1) is 12.4 Å². The Hall–Kier alpha value is -0.650. The molecule has 1 aromatic rings. The molecule has 0 aliphatic rings. The molecule has 0 atom stereocenters. The third-order valence-electron chi connectivity index (χ3n) is 1.75. The van der Waals surface area contributed by atoms with Crippen LogP contribution < -0.4 is 5.32 Å². The second-order valence-corrected chi connectivity index (χ2v) is 2.68. The van der Waals surface area contributed by atoms with Gasteiger partial charge >= 0.3 is 0 Å². The molecule has 0 spiro atoms. The smallest absolute Gasteiger partial charge is 0.215 e. The number of halogens is 2. The van der Waals surface area contributed by atoms with Crippen molar-refractivity contribution in [3.05, 3.63) is 17.7 Å². The Labute approximate surface area is 88.5 Å². The van der Waals surface area contributed by atoms with Gasteiger partial charge in [0.15, 0.2) is 0 Å². The van der Waals surface area contributed by atoms with Crippen molar-refractivity contribution >= 4 is 12.4 Å². The van der Waals surface area contributed by atoms with Gasteiger partial charge < -0.3 is 10.4 Å². The van der Waals surface area contributed by atoms with E-state index in [9.17, 15) is 4.39 Å².